The monoisotopic (exact) mass is 489 g/mol. The average molecular weight is 489 g/mol. The molecule has 27 heavy (non-hydrogen) atoms. The van der Waals surface area contributed by atoms with E-state index in [0.717, 1.165) is 69.5 Å². The van der Waals surface area contributed by atoms with E-state index in [0.29, 0.717) is 6.54 Å². The molecule has 0 aromatic carbocycles. The van der Waals surface area contributed by atoms with Crippen LogP contribution in [0.25, 0.3) is 0 Å². The van der Waals surface area contributed by atoms with Crippen LogP contribution in [0.5, 0.6) is 0 Å². The zero-order chi connectivity index (χ0) is 18.4. The van der Waals surface area contributed by atoms with Crippen molar-refractivity contribution in [1.82, 2.24) is 15.2 Å². The van der Waals surface area contributed by atoms with Crippen LogP contribution < -0.4 is 10.2 Å². The molecule has 3 heterocycles. The molecule has 1 aromatic rings. The Morgan fingerprint density at radius 3 is 2.85 bits per heavy atom. The number of aliphatic hydroxyl groups excluding tert-OH is 1. The molecule has 3 rings (SSSR count). The zero-order valence-corrected chi connectivity index (χ0v) is 18.6. The molecule has 8 heteroatoms. The van der Waals surface area contributed by atoms with E-state index in [1.54, 1.807) is 0 Å². The molecule has 7 nitrogen and oxygen atoms in total. The molecule has 0 amide bonds. The maximum atomic E-state index is 9.71. The summed E-state index contributed by atoms with van der Waals surface area (Å²) < 4.78 is 5.62. The van der Waals surface area contributed by atoms with Crippen molar-refractivity contribution >= 4 is 35.8 Å². The van der Waals surface area contributed by atoms with E-state index < -0.39 is 0 Å². The molecule has 1 unspecified atom stereocenters. The molecule has 0 bridgehead atoms. The zero-order valence-electron chi connectivity index (χ0n) is 16.3. The van der Waals surface area contributed by atoms with Crippen LogP contribution in [-0.4, -0.2) is 72.5 Å². The number of morpholine rings is 1. The van der Waals surface area contributed by atoms with E-state index in [1.807, 2.05) is 12.3 Å². The van der Waals surface area contributed by atoms with E-state index in [1.165, 1.54) is 0 Å². The fourth-order valence-electron chi connectivity index (χ4n) is 3.43. The van der Waals surface area contributed by atoms with Crippen molar-refractivity contribution in [3.05, 3.63) is 23.9 Å². The van der Waals surface area contributed by atoms with Crippen molar-refractivity contribution in [3.8, 4) is 0 Å². The fraction of sp³-hybridized carbons (Fsp3) is 0.684. The predicted molar refractivity (Wildman–Crippen MR) is 119 cm³/mol. The van der Waals surface area contributed by atoms with Gasteiger partial charge in [0.05, 0.1) is 25.4 Å². The van der Waals surface area contributed by atoms with Crippen LogP contribution in [0.2, 0.25) is 0 Å². The minimum atomic E-state index is -0.173. The predicted octanol–water partition coefficient (Wildman–Crippen LogP) is 1.85. The lowest BCUT2D eigenvalue weighted by Crippen LogP contribution is -2.46. The highest BCUT2D eigenvalue weighted by Gasteiger charge is 2.20. The number of pyridine rings is 1. The molecule has 152 valence electrons. The molecule has 0 radical (unpaired) electrons. The highest BCUT2D eigenvalue weighted by molar-refractivity contribution is 14.0. The van der Waals surface area contributed by atoms with Crippen LogP contribution in [0.1, 0.15) is 32.3 Å². The van der Waals surface area contributed by atoms with Crippen molar-refractivity contribution in [1.29, 1.82) is 0 Å². The molecule has 2 fully saturated rings. The van der Waals surface area contributed by atoms with Gasteiger partial charge in [0.15, 0.2) is 5.96 Å². The highest BCUT2D eigenvalue weighted by atomic mass is 127. The molecule has 1 atom stereocenters. The molecule has 2 N–H and O–H groups in total. The van der Waals surface area contributed by atoms with Gasteiger partial charge in [-0.3, -0.25) is 0 Å². The number of halogens is 1. The van der Waals surface area contributed by atoms with Gasteiger partial charge in [-0.1, -0.05) is 0 Å². The fourth-order valence-corrected chi connectivity index (χ4v) is 3.43. The van der Waals surface area contributed by atoms with Crippen LogP contribution in [0.4, 0.5) is 5.82 Å². The summed E-state index contributed by atoms with van der Waals surface area (Å²) in [6.45, 7) is 9.83. The van der Waals surface area contributed by atoms with Gasteiger partial charge in [-0.25, -0.2) is 9.98 Å². The van der Waals surface area contributed by atoms with Gasteiger partial charge in [0.1, 0.15) is 5.82 Å². The molecule has 0 saturated carbocycles. The number of nitrogens with one attached hydrogen (secondary N) is 1. The van der Waals surface area contributed by atoms with Crippen LogP contribution in [0.15, 0.2) is 23.3 Å². The Labute approximate surface area is 179 Å². The van der Waals surface area contributed by atoms with Gasteiger partial charge >= 0.3 is 0 Å². The van der Waals surface area contributed by atoms with Gasteiger partial charge < -0.3 is 25.0 Å². The topological polar surface area (TPSA) is 73.2 Å². The lowest BCUT2D eigenvalue weighted by molar-refractivity contribution is 0.0529. The van der Waals surface area contributed by atoms with Crippen LogP contribution >= 0.6 is 24.0 Å². The summed E-state index contributed by atoms with van der Waals surface area (Å²) in [4.78, 5) is 13.9. The number of hydrogen-bond acceptors (Lipinski definition) is 5. The van der Waals surface area contributed by atoms with Gasteiger partial charge in [-0.05, 0) is 44.4 Å². The molecular weight excluding hydrogens is 457 g/mol. The Kier molecular flexibility index (Phi) is 9.04. The molecule has 2 aliphatic heterocycles. The maximum absolute atomic E-state index is 9.71. The SMILES string of the molecule is CCNC(=NCc1ccnc(N2CCOC(C)C2)c1)N1CCC(O)CC1.I. The third kappa shape index (κ3) is 6.46. The van der Waals surface area contributed by atoms with Gasteiger partial charge in [0.2, 0.25) is 0 Å². The van der Waals surface area contributed by atoms with Gasteiger partial charge in [-0.15, -0.1) is 24.0 Å². The quantitative estimate of drug-likeness (QED) is 0.382. The Morgan fingerprint density at radius 1 is 1.37 bits per heavy atom. The number of aromatic nitrogens is 1. The largest absolute Gasteiger partial charge is 0.393 e. The summed E-state index contributed by atoms with van der Waals surface area (Å²) >= 11 is 0. The van der Waals surface area contributed by atoms with Gasteiger partial charge in [0, 0.05) is 38.9 Å². The Balaban J connectivity index is 0.00000261. The molecule has 2 saturated heterocycles. The van der Waals surface area contributed by atoms with Crippen molar-refractivity contribution in [2.45, 2.75) is 45.4 Å². The summed E-state index contributed by atoms with van der Waals surface area (Å²) in [5.74, 6) is 1.93. The third-order valence-corrected chi connectivity index (χ3v) is 4.89. The summed E-state index contributed by atoms with van der Waals surface area (Å²) in [5, 5.41) is 13.1. The van der Waals surface area contributed by atoms with Crippen LogP contribution in [-0.2, 0) is 11.3 Å². The number of aliphatic imine (C=N–C) groups is 1. The Hall–Kier alpha value is -1.13. The average Bonchev–Trinajstić information content (AvgIpc) is 2.66. The van der Waals surface area contributed by atoms with Crippen molar-refractivity contribution in [2.75, 3.05) is 44.2 Å². The first-order valence-electron chi connectivity index (χ1n) is 9.68. The van der Waals surface area contributed by atoms with E-state index in [2.05, 4.69) is 40.0 Å². The summed E-state index contributed by atoms with van der Waals surface area (Å²) in [5.41, 5.74) is 1.15. The number of rotatable bonds is 4. The highest BCUT2D eigenvalue weighted by Crippen LogP contribution is 2.17. The van der Waals surface area contributed by atoms with E-state index in [9.17, 15) is 5.11 Å². The number of nitrogens with zero attached hydrogens (tertiary/aromatic N) is 4. The van der Waals surface area contributed by atoms with E-state index in [4.69, 9.17) is 9.73 Å². The Bertz CT molecular complexity index is 608. The molecule has 2 aliphatic rings. The molecular formula is C19H32IN5O2. The van der Waals surface area contributed by atoms with Gasteiger partial charge in [0.25, 0.3) is 0 Å². The van der Waals surface area contributed by atoms with Crippen LogP contribution in [0.3, 0.4) is 0 Å². The first kappa shape index (κ1) is 22.2. The van der Waals surface area contributed by atoms with Gasteiger partial charge in [-0.2, -0.15) is 0 Å². The van der Waals surface area contributed by atoms with Crippen molar-refractivity contribution in [3.63, 3.8) is 0 Å². The number of ether oxygens (including phenoxy) is 1. The second-order valence-electron chi connectivity index (χ2n) is 7.04. The third-order valence-electron chi connectivity index (χ3n) is 4.89. The number of hydrogen-bond donors (Lipinski definition) is 2. The lowest BCUT2D eigenvalue weighted by Gasteiger charge is -2.32. The second kappa shape index (κ2) is 11.0. The molecule has 0 aliphatic carbocycles. The molecule has 0 spiro atoms. The maximum Gasteiger partial charge on any atom is 0.194 e. The summed E-state index contributed by atoms with van der Waals surface area (Å²) in [6, 6.07) is 4.16. The summed E-state index contributed by atoms with van der Waals surface area (Å²) in [7, 11) is 0. The first-order valence-corrected chi connectivity index (χ1v) is 9.68. The number of piperidine rings is 1. The lowest BCUT2D eigenvalue weighted by atomic mass is 10.1. The second-order valence-corrected chi connectivity index (χ2v) is 7.04. The summed E-state index contributed by atoms with van der Waals surface area (Å²) in [6.07, 6.45) is 3.54. The number of likely N-dealkylation sites (tertiary alicyclic amines) is 1. The first-order chi connectivity index (χ1) is 12.7. The number of aliphatic hydroxyl groups is 1. The smallest absolute Gasteiger partial charge is 0.194 e. The van der Waals surface area contributed by atoms with E-state index in [-0.39, 0.29) is 36.2 Å². The minimum absolute atomic E-state index is 0. The standard InChI is InChI=1S/C19H31N5O2.HI/c1-3-20-19(23-8-5-17(25)6-9-23)22-13-16-4-7-21-18(12-16)24-10-11-26-15(2)14-24;/h4,7,12,15,17,25H,3,5-6,8-11,13-14H2,1-2H3,(H,20,22);1H. The molecule has 1 aromatic heterocycles. The normalized spacial score (nSPS) is 21.7. The number of guanidine groups is 1. The van der Waals surface area contributed by atoms with E-state index >= 15 is 0 Å². The van der Waals surface area contributed by atoms with Crippen molar-refractivity contribution in [2.24, 2.45) is 4.99 Å². The Morgan fingerprint density at radius 2 is 2.15 bits per heavy atom. The van der Waals surface area contributed by atoms with Crippen molar-refractivity contribution < 1.29 is 9.84 Å². The number of anilines is 1. The minimum Gasteiger partial charge on any atom is -0.393 e. The van der Waals surface area contributed by atoms with Crippen LogP contribution in [0, 0.1) is 0 Å².